The molecular formula is C24H37N3O4. The maximum atomic E-state index is 13.0. The summed E-state index contributed by atoms with van der Waals surface area (Å²) in [5.74, 6) is 1.09. The van der Waals surface area contributed by atoms with Crippen LogP contribution in [0.2, 0.25) is 0 Å². The molecule has 2 saturated heterocycles. The molecule has 0 spiro atoms. The highest BCUT2D eigenvalue weighted by Crippen LogP contribution is 2.27. The molecule has 0 unspecified atom stereocenters. The average Bonchev–Trinajstić information content (AvgIpc) is 3.20. The standard InChI is InChI=1S/C24H37N3O4/c1-4-18(5-2)24(30)26-11-9-19(10-12-26)27-16-20(28)14-22(27)23(29)25-15-17-7-6-8-21(13-17)31-3/h6-8,13,18-20,22,28H,4-5,9-12,14-16H2,1-3H3,(H,25,29)/t20-,22+/m1/s1. The summed E-state index contributed by atoms with van der Waals surface area (Å²) in [5, 5.41) is 13.3. The second-order valence-corrected chi connectivity index (χ2v) is 8.74. The Bertz CT molecular complexity index is 744. The van der Waals surface area contributed by atoms with Crippen LogP contribution in [-0.4, -0.2) is 71.7 Å². The number of nitrogens with zero attached hydrogens (tertiary/aromatic N) is 2. The van der Waals surface area contributed by atoms with Crippen molar-refractivity contribution in [2.45, 2.75) is 70.7 Å². The van der Waals surface area contributed by atoms with Gasteiger partial charge in [0.05, 0.1) is 19.3 Å². The number of β-amino-alcohol motifs (C(OH)–C–C–N with tert-alkyl or cyclic N) is 1. The summed E-state index contributed by atoms with van der Waals surface area (Å²) in [7, 11) is 1.62. The second-order valence-electron chi connectivity index (χ2n) is 8.74. The first-order valence-electron chi connectivity index (χ1n) is 11.6. The number of methoxy groups -OCH3 is 1. The summed E-state index contributed by atoms with van der Waals surface area (Å²) in [6, 6.07) is 7.54. The van der Waals surface area contributed by atoms with Gasteiger partial charge in [-0.05, 0) is 49.8 Å². The van der Waals surface area contributed by atoms with Gasteiger partial charge in [-0.3, -0.25) is 14.5 Å². The van der Waals surface area contributed by atoms with Crippen molar-refractivity contribution < 1.29 is 19.4 Å². The zero-order chi connectivity index (χ0) is 22.4. The molecule has 1 aromatic rings. The number of hydrogen-bond acceptors (Lipinski definition) is 5. The fourth-order valence-electron chi connectivity index (χ4n) is 4.90. The van der Waals surface area contributed by atoms with Gasteiger partial charge in [-0.15, -0.1) is 0 Å². The third-order valence-electron chi connectivity index (χ3n) is 6.80. The predicted molar refractivity (Wildman–Crippen MR) is 120 cm³/mol. The first kappa shape index (κ1) is 23.5. The van der Waals surface area contributed by atoms with Crippen LogP contribution in [0.1, 0.15) is 51.5 Å². The minimum atomic E-state index is -0.489. The van der Waals surface area contributed by atoms with E-state index in [4.69, 9.17) is 4.74 Å². The molecule has 0 radical (unpaired) electrons. The lowest BCUT2D eigenvalue weighted by Gasteiger charge is -2.39. The molecule has 2 atom stereocenters. The van der Waals surface area contributed by atoms with Crippen LogP contribution in [0, 0.1) is 5.92 Å². The third kappa shape index (κ3) is 5.77. The van der Waals surface area contributed by atoms with Gasteiger partial charge in [-0.1, -0.05) is 26.0 Å². The average molecular weight is 432 g/mol. The van der Waals surface area contributed by atoms with Crippen LogP contribution in [0.5, 0.6) is 5.75 Å². The number of rotatable bonds is 8. The van der Waals surface area contributed by atoms with Crippen molar-refractivity contribution in [3.05, 3.63) is 29.8 Å². The van der Waals surface area contributed by atoms with E-state index in [1.807, 2.05) is 29.2 Å². The normalized spacial score (nSPS) is 22.7. The van der Waals surface area contributed by atoms with Crippen molar-refractivity contribution in [2.75, 3.05) is 26.7 Å². The Hall–Kier alpha value is -2.12. The number of hydrogen-bond donors (Lipinski definition) is 2. The van der Waals surface area contributed by atoms with Gasteiger partial charge < -0.3 is 20.1 Å². The van der Waals surface area contributed by atoms with Gasteiger partial charge in [-0.2, -0.15) is 0 Å². The molecule has 0 aromatic heterocycles. The van der Waals surface area contributed by atoms with Crippen LogP contribution in [0.3, 0.4) is 0 Å². The summed E-state index contributed by atoms with van der Waals surface area (Å²) in [5.41, 5.74) is 0.978. The molecule has 7 heteroatoms. The molecule has 7 nitrogen and oxygen atoms in total. The first-order chi connectivity index (χ1) is 15.0. The lowest BCUT2D eigenvalue weighted by atomic mass is 9.97. The Morgan fingerprint density at radius 2 is 1.94 bits per heavy atom. The van der Waals surface area contributed by atoms with Crippen molar-refractivity contribution in [1.82, 2.24) is 15.1 Å². The van der Waals surface area contributed by atoms with Crippen molar-refractivity contribution >= 4 is 11.8 Å². The number of likely N-dealkylation sites (tertiary alicyclic amines) is 2. The van der Waals surface area contributed by atoms with Gasteiger partial charge in [0.15, 0.2) is 0 Å². The first-order valence-corrected chi connectivity index (χ1v) is 11.6. The maximum absolute atomic E-state index is 13.0. The van der Waals surface area contributed by atoms with E-state index in [1.54, 1.807) is 7.11 Å². The van der Waals surface area contributed by atoms with Crippen LogP contribution < -0.4 is 10.1 Å². The molecule has 3 rings (SSSR count). The molecule has 0 aliphatic carbocycles. The molecule has 2 aliphatic rings. The van der Waals surface area contributed by atoms with Crippen molar-refractivity contribution in [3.8, 4) is 5.75 Å². The van der Waals surface area contributed by atoms with Crippen molar-refractivity contribution in [3.63, 3.8) is 0 Å². The molecule has 2 heterocycles. The largest absolute Gasteiger partial charge is 0.497 e. The number of carbonyl (C=O) groups is 2. The predicted octanol–water partition coefficient (Wildman–Crippen LogP) is 2.17. The maximum Gasteiger partial charge on any atom is 0.237 e. The summed E-state index contributed by atoms with van der Waals surface area (Å²) in [6.07, 6.45) is 3.41. The highest BCUT2D eigenvalue weighted by Gasteiger charge is 2.41. The number of carbonyl (C=O) groups excluding carboxylic acids is 2. The summed E-state index contributed by atoms with van der Waals surface area (Å²) >= 11 is 0. The van der Waals surface area contributed by atoms with E-state index < -0.39 is 6.10 Å². The minimum Gasteiger partial charge on any atom is -0.497 e. The number of aliphatic hydroxyl groups is 1. The highest BCUT2D eigenvalue weighted by atomic mass is 16.5. The molecule has 31 heavy (non-hydrogen) atoms. The Kier molecular flexibility index (Phi) is 8.32. The smallest absolute Gasteiger partial charge is 0.237 e. The summed E-state index contributed by atoms with van der Waals surface area (Å²) in [6.45, 7) is 6.54. The fraction of sp³-hybridized carbons (Fsp3) is 0.667. The number of aliphatic hydroxyl groups excluding tert-OH is 1. The van der Waals surface area contributed by atoms with Crippen LogP contribution in [0.25, 0.3) is 0 Å². The van der Waals surface area contributed by atoms with Gasteiger partial charge in [0, 0.05) is 38.1 Å². The third-order valence-corrected chi connectivity index (χ3v) is 6.80. The lowest BCUT2D eigenvalue weighted by Crippen LogP contribution is -2.52. The van der Waals surface area contributed by atoms with Gasteiger partial charge >= 0.3 is 0 Å². The topological polar surface area (TPSA) is 82.1 Å². The molecule has 2 N–H and O–H groups in total. The molecular weight excluding hydrogens is 394 g/mol. The highest BCUT2D eigenvalue weighted by molar-refractivity contribution is 5.82. The Labute approximate surface area is 185 Å². The van der Waals surface area contributed by atoms with E-state index in [0.29, 0.717) is 19.5 Å². The van der Waals surface area contributed by atoms with E-state index in [1.165, 1.54) is 0 Å². The molecule has 172 valence electrons. The Morgan fingerprint density at radius 1 is 1.23 bits per heavy atom. The van der Waals surface area contributed by atoms with Gasteiger partial charge in [-0.25, -0.2) is 0 Å². The van der Waals surface area contributed by atoms with Crippen molar-refractivity contribution in [2.24, 2.45) is 5.92 Å². The number of benzene rings is 1. The summed E-state index contributed by atoms with van der Waals surface area (Å²) in [4.78, 5) is 29.8. The monoisotopic (exact) mass is 431 g/mol. The Balaban J connectivity index is 1.56. The van der Waals surface area contributed by atoms with E-state index in [-0.39, 0.29) is 29.8 Å². The minimum absolute atomic E-state index is 0.0464. The molecule has 2 aliphatic heterocycles. The van der Waals surface area contributed by atoms with Crippen LogP contribution >= 0.6 is 0 Å². The van der Waals surface area contributed by atoms with E-state index in [0.717, 1.165) is 50.1 Å². The second kappa shape index (κ2) is 11.0. The SMILES string of the molecule is CCC(CC)C(=O)N1CCC(N2C[C@H](O)C[C@H]2C(=O)NCc2cccc(OC)c2)CC1. The molecule has 2 amide bonds. The number of piperidine rings is 1. The van der Waals surface area contributed by atoms with Gasteiger partial charge in [0.2, 0.25) is 11.8 Å². The van der Waals surface area contributed by atoms with E-state index in [2.05, 4.69) is 24.1 Å². The molecule has 1 aromatic carbocycles. The quantitative estimate of drug-likeness (QED) is 0.659. The Morgan fingerprint density at radius 3 is 2.58 bits per heavy atom. The van der Waals surface area contributed by atoms with Gasteiger partial charge in [0.25, 0.3) is 0 Å². The lowest BCUT2D eigenvalue weighted by molar-refractivity contribution is -0.138. The van der Waals surface area contributed by atoms with Crippen LogP contribution in [0.15, 0.2) is 24.3 Å². The number of amides is 2. The zero-order valence-electron chi connectivity index (χ0n) is 19.0. The zero-order valence-corrected chi connectivity index (χ0v) is 19.0. The number of nitrogens with one attached hydrogen (secondary N) is 1. The van der Waals surface area contributed by atoms with Gasteiger partial charge in [0.1, 0.15) is 5.75 Å². The van der Waals surface area contributed by atoms with Crippen LogP contribution in [0.4, 0.5) is 0 Å². The fourth-order valence-corrected chi connectivity index (χ4v) is 4.90. The summed E-state index contributed by atoms with van der Waals surface area (Å²) < 4.78 is 5.24. The number of ether oxygens (including phenoxy) is 1. The molecule has 0 saturated carbocycles. The van der Waals surface area contributed by atoms with E-state index in [9.17, 15) is 14.7 Å². The van der Waals surface area contributed by atoms with Crippen molar-refractivity contribution in [1.29, 1.82) is 0 Å². The van der Waals surface area contributed by atoms with Crippen LogP contribution in [-0.2, 0) is 16.1 Å². The van der Waals surface area contributed by atoms with E-state index >= 15 is 0 Å². The molecule has 2 fully saturated rings. The molecule has 0 bridgehead atoms.